The van der Waals surface area contributed by atoms with Crippen molar-refractivity contribution >= 4 is 44.9 Å². The third-order valence-electron chi connectivity index (χ3n) is 3.92. The summed E-state index contributed by atoms with van der Waals surface area (Å²) in [6.45, 7) is 2.01. The highest BCUT2D eigenvalue weighted by atomic mass is 79.9. The number of nitrogens with one attached hydrogen (secondary N) is 2. The lowest BCUT2D eigenvalue weighted by atomic mass is 9.92. The highest BCUT2D eigenvalue weighted by Crippen LogP contribution is 2.36. The molecule has 0 radical (unpaired) electrons. The maximum absolute atomic E-state index is 12.8. The molecule has 1 heterocycles. The average molecular weight is 433 g/mol. The van der Waals surface area contributed by atoms with Gasteiger partial charge in [-0.2, -0.15) is 0 Å². The highest BCUT2D eigenvalue weighted by molar-refractivity contribution is 9.10. The van der Waals surface area contributed by atoms with Gasteiger partial charge >= 0.3 is 5.97 Å². The first-order chi connectivity index (χ1) is 12.5. The smallest absolute Gasteiger partial charge is 0.338 e. The van der Waals surface area contributed by atoms with Crippen LogP contribution in [0.15, 0.2) is 58.6 Å². The molecule has 1 unspecified atom stereocenters. The van der Waals surface area contributed by atoms with Crippen LogP contribution >= 0.6 is 28.1 Å². The summed E-state index contributed by atoms with van der Waals surface area (Å²) in [6, 6.07) is 13.8. The summed E-state index contributed by atoms with van der Waals surface area (Å²) >= 11 is 8.84. The predicted molar refractivity (Wildman–Crippen MR) is 107 cm³/mol. The Bertz CT molecular complexity index is 884. The molecule has 1 atom stereocenters. The molecule has 1 aliphatic rings. The molecule has 1 aliphatic heterocycles. The fourth-order valence-electron chi connectivity index (χ4n) is 2.81. The number of hydrogen-bond acceptors (Lipinski definition) is 4. The van der Waals surface area contributed by atoms with E-state index in [1.54, 1.807) is 25.1 Å². The number of ether oxygens (including phenoxy) is 1. The molecular formula is C19H17BrN2O3S. The zero-order chi connectivity index (χ0) is 18.7. The van der Waals surface area contributed by atoms with E-state index in [1.165, 1.54) is 0 Å². The standard InChI is InChI=1S/C19H17BrN2O3S/c1-2-25-18(24)15-16(11-6-4-3-5-7-11)21-19(26)22-17(15)13-10-12(23)8-9-14(13)20/h3-10,17,23H,2H2,1H3,(H2,21,22,26). The lowest BCUT2D eigenvalue weighted by Gasteiger charge is -2.31. The van der Waals surface area contributed by atoms with Gasteiger partial charge in [0.15, 0.2) is 5.11 Å². The van der Waals surface area contributed by atoms with Gasteiger partial charge in [0.05, 0.1) is 23.9 Å². The van der Waals surface area contributed by atoms with Crippen molar-refractivity contribution in [3.8, 4) is 5.75 Å². The van der Waals surface area contributed by atoms with Crippen LogP contribution in [0.4, 0.5) is 0 Å². The molecule has 0 aliphatic carbocycles. The van der Waals surface area contributed by atoms with E-state index in [0.717, 1.165) is 10.0 Å². The van der Waals surface area contributed by atoms with Crippen LogP contribution in [0, 0.1) is 0 Å². The third kappa shape index (κ3) is 3.73. The minimum atomic E-state index is -0.570. The van der Waals surface area contributed by atoms with Crippen molar-refractivity contribution in [2.24, 2.45) is 0 Å². The number of carbonyl (C=O) groups excluding carboxylic acids is 1. The van der Waals surface area contributed by atoms with Crippen LogP contribution in [0.25, 0.3) is 5.70 Å². The first kappa shape index (κ1) is 18.4. The van der Waals surface area contributed by atoms with E-state index in [9.17, 15) is 9.90 Å². The lowest BCUT2D eigenvalue weighted by Crippen LogP contribution is -2.45. The van der Waals surface area contributed by atoms with Crippen molar-refractivity contribution in [3.05, 3.63) is 69.7 Å². The van der Waals surface area contributed by atoms with Crippen LogP contribution in [-0.4, -0.2) is 22.8 Å². The molecule has 2 aromatic carbocycles. The fourth-order valence-corrected chi connectivity index (χ4v) is 3.51. The number of esters is 1. The van der Waals surface area contributed by atoms with Gasteiger partial charge in [-0.3, -0.25) is 0 Å². The second-order valence-corrected chi connectivity index (χ2v) is 6.88. The topological polar surface area (TPSA) is 70.6 Å². The number of carbonyl (C=O) groups is 1. The number of phenols is 1. The molecule has 7 heteroatoms. The summed E-state index contributed by atoms with van der Waals surface area (Å²) < 4.78 is 6.03. The van der Waals surface area contributed by atoms with Crippen LogP contribution < -0.4 is 10.6 Å². The van der Waals surface area contributed by atoms with Crippen molar-refractivity contribution in [1.29, 1.82) is 0 Å². The highest BCUT2D eigenvalue weighted by Gasteiger charge is 2.34. The Kier molecular flexibility index (Phi) is 5.58. The zero-order valence-electron chi connectivity index (χ0n) is 14.0. The Morgan fingerprint density at radius 3 is 2.69 bits per heavy atom. The Hall–Kier alpha value is -2.38. The summed E-state index contributed by atoms with van der Waals surface area (Å²) in [5, 5.41) is 16.5. The molecule has 3 N–H and O–H groups in total. The van der Waals surface area contributed by atoms with Gasteiger partial charge in [0, 0.05) is 4.47 Å². The van der Waals surface area contributed by atoms with E-state index in [4.69, 9.17) is 17.0 Å². The van der Waals surface area contributed by atoms with Gasteiger partial charge in [-0.05, 0) is 48.5 Å². The monoisotopic (exact) mass is 432 g/mol. The van der Waals surface area contributed by atoms with Crippen molar-refractivity contribution < 1.29 is 14.6 Å². The third-order valence-corrected chi connectivity index (χ3v) is 4.86. The molecule has 26 heavy (non-hydrogen) atoms. The van der Waals surface area contributed by atoms with E-state index in [2.05, 4.69) is 26.6 Å². The van der Waals surface area contributed by atoms with Gasteiger partial charge < -0.3 is 20.5 Å². The summed E-state index contributed by atoms with van der Waals surface area (Å²) in [6.07, 6.45) is 0. The van der Waals surface area contributed by atoms with Crippen LogP contribution in [-0.2, 0) is 9.53 Å². The molecule has 0 saturated heterocycles. The molecular weight excluding hydrogens is 416 g/mol. The molecule has 134 valence electrons. The fraction of sp³-hybridized carbons (Fsp3) is 0.158. The Morgan fingerprint density at radius 2 is 2.00 bits per heavy atom. The molecule has 3 rings (SSSR count). The van der Waals surface area contributed by atoms with Crippen LogP contribution in [0.5, 0.6) is 5.75 Å². The number of phenolic OH excluding ortho intramolecular Hbond substituents is 1. The minimum absolute atomic E-state index is 0.0962. The molecule has 0 bridgehead atoms. The molecule has 0 aromatic heterocycles. The number of rotatable bonds is 4. The van der Waals surface area contributed by atoms with Crippen LogP contribution in [0.2, 0.25) is 0 Å². The van der Waals surface area contributed by atoms with Gasteiger partial charge in [-0.25, -0.2) is 4.79 Å². The van der Waals surface area contributed by atoms with E-state index >= 15 is 0 Å². The number of benzene rings is 2. The largest absolute Gasteiger partial charge is 0.508 e. The lowest BCUT2D eigenvalue weighted by molar-refractivity contribution is -0.138. The van der Waals surface area contributed by atoms with Gasteiger partial charge in [0.25, 0.3) is 0 Å². The Morgan fingerprint density at radius 1 is 1.27 bits per heavy atom. The van der Waals surface area contributed by atoms with E-state index in [-0.39, 0.29) is 12.4 Å². The molecule has 0 spiro atoms. The van der Waals surface area contributed by atoms with Crippen molar-refractivity contribution in [1.82, 2.24) is 10.6 Å². The number of halogens is 1. The summed E-state index contributed by atoms with van der Waals surface area (Å²) in [7, 11) is 0. The SMILES string of the molecule is CCOC(=O)C1=C(c2ccccc2)NC(=S)NC1c1cc(O)ccc1Br. The predicted octanol–water partition coefficient (Wildman–Crippen LogP) is 3.65. The minimum Gasteiger partial charge on any atom is -0.508 e. The maximum atomic E-state index is 12.8. The molecule has 0 amide bonds. The Labute approximate surface area is 165 Å². The second kappa shape index (κ2) is 7.88. The zero-order valence-corrected chi connectivity index (χ0v) is 16.4. The number of aromatic hydroxyl groups is 1. The first-order valence-electron chi connectivity index (χ1n) is 8.04. The van der Waals surface area contributed by atoms with E-state index in [1.807, 2.05) is 30.3 Å². The average Bonchev–Trinajstić information content (AvgIpc) is 2.64. The molecule has 2 aromatic rings. The Balaban J connectivity index is 2.22. The van der Waals surface area contributed by atoms with Crippen molar-refractivity contribution in [3.63, 3.8) is 0 Å². The summed E-state index contributed by atoms with van der Waals surface area (Å²) in [5.74, 6) is -0.354. The van der Waals surface area contributed by atoms with Crippen molar-refractivity contribution in [2.45, 2.75) is 13.0 Å². The maximum Gasteiger partial charge on any atom is 0.338 e. The van der Waals surface area contributed by atoms with Gasteiger partial charge in [-0.1, -0.05) is 46.3 Å². The van der Waals surface area contributed by atoms with Crippen LogP contribution in [0.3, 0.4) is 0 Å². The first-order valence-corrected chi connectivity index (χ1v) is 9.24. The normalized spacial score (nSPS) is 16.7. The second-order valence-electron chi connectivity index (χ2n) is 5.61. The molecule has 0 saturated carbocycles. The van der Waals surface area contributed by atoms with E-state index < -0.39 is 12.0 Å². The molecule has 5 nitrogen and oxygen atoms in total. The van der Waals surface area contributed by atoms with Gasteiger partial charge in [0.1, 0.15) is 5.75 Å². The van der Waals surface area contributed by atoms with Gasteiger partial charge in [0.2, 0.25) is 0 Å². The van der Waals surface area contributed by atoms with Gasteiger partial charge in [-0.15, -0.1) is 0 Å². The van der Waals surface area contributed by atoms with E-state index in [0.29, 0.717) is 21.9 Å². The molecule has 0 fully saturated rings. The van der Waals surface area contributed by atoms with Crippen LogP contribution in [0.1, 0.15) is 24.1 Å². The summed E-state index contributed by atoms with van der Waals surface area (Å²) in [5.41, 5.74) is 2.50. The quantitative estimate of drug-likeness (QED) is 0.505. The van der Waals surface area contributed by atoms with Crippen molar-refractivity contribution in [2.75, 3.05) is 6.61 Å². The summed E-state index contributed by atoms with van der Waals surface area (Å²) in [4.78, 5) is 12.8. The number of hydrogen-bond donors (Lipinski definition) is 3. The number of thiocarbonyl (C=S) groups is 1.